The van der Waals surface area contributed by atoms with E-state index in [-0.39, 0.29) is 27.8 Å². The topological polar surface area (TPSA) is 144 Å². The van der Waals surface area contributed by atoms with Crippen molar-refractivity contribution in [3.8, 4) is 0 Å². The van der Waals surface area contributed by atoms with Crippen LogP contribution >= 0.6 is 11.6 Å². The molecule has 0 saturated heterocycles. The Bertz CT molecular complexity index is 1220. The number of nitrogens with one attached hydrogen (secondary N) is 2. The van der Waals surface area contributed by atoms with Gasteiger partial charge >= 0.3 is 0 Å². The lowest BCUT2D eigenvalue weighted by Crippen LogP contribution is -2.26. The molecule has 2 amide bonds. The number of amides is 2. The Balaban J connectivity index is 2.01. The molecule has 3 rings (SSSR count). The zero-order valence-electron chi connectivity index (χ0n) is 16.7. The van der Waals surface area contributed by atoms with Crippen molar-refractivity contribution in [3.05, 3.63) is 109 Å². The van der Waals surface area contributed by atoms with Gasteiger partial charge < -0.3 is 10.6 Å². The van der Waals surface area contributed by atoms with Gasteiger partial charge in [0.15, 0.2) is 0 Å². The summed E-state index contributed by atoms with van der Waals surface area (Å²) in [5, 5.41) is 27.5. The molecular formula is C22H15ClN4O6. The number of benzene rings is 3. The van der Waals surface area contributed by atoms with Crippen LogP contribution in [0.1, 0.15) is 5.56 Å². The Hall–Kier alpha value is -4.57. The van der Waals surface area contributed by atoms with Gasteiger partial charge in [0.2, 0.25) is 0 Å². The fraction of sp³-hybridized carbons (Fsp3) is 0. The summed E-state index contributed by atoms with van der Waals surface area (Å²) in [4.78, 5) is 47.2. The van der Waals surface area contributed by atoms with Gasteiger partial charge in [-0.15, -0.1) is 0 Å². The minimum atomic E-state index is -0.972. The number of hydrogen-bond acceptors (Lipinski definition) is 6. The van der Waals surface area contributed by atoms with Gasteiger partial charge in [0.05, 0.1) is 9.85 Å². The highest BCUT2D eigenvalue weighted by atomic mass is 35.5. The highest BCUT2D eigenvalue weighted by Crippen LogP contribution is 2.27. The molecular weight excluding hydrogens is 452 g/mol. The second-order valence-corrected chi connectivity index (χ2v) is 6.94. The third-order valence-corrected chi connectivity index (χ3v) is 4.74. The van der Waals surface area contributed by atoms with Gasteiger partial charge in [-0.25, -0.2) is 0 Å². The summed E-state index contributed by atoms with van der Waals surface area (Å²) < 4.78 is 0. The van der Waals surface area contributed by atoms with Gasteiger partial charge in [0.1, 0.15) is 16.9 Å². The van der Waals surface area contributed by atoms with E-state index in [1.54, 1.807) is 24.3 Å². The lowest BCUT2D eigenvalue weighted by molar-refractivity contribution is -0.384. The molecule has 0 aliphatic rings. The molecule has 0 saturated carbocycles. The summed E-state index contributed by atoms with van der Waals surface area (Å²) in [6.45, 7) is 0. The van der Waals surface area contributed by atoms with Crippen molar-refractivity contribution in [2.75, 3.05) is 10.6 Å². The summed E-state index contributed by atoms with van der Waals surface area (Å²) in [7, 11) is 0. The fourth-order valence-corrected chi connectivity index (χ4v) is 3.03. The molecule has 0 spiro atoms. The number of hydrogen-bond donors (Lipinski definition) is 2. The van der Waals surface area contributed by atoms with Gasteiger partial charge in [-0.3, -0.25) is 29.8 Å². The Kier molecular flexibility index (Phi) is 7.11. The van der Waals surface area contributed by atoms with Crippen LogP contribution in [0.25, 0.3) is 6.08 Å². The van der Waals surface area contributed by atoms with Crippen LogP contribution < -0.4 is 10.6 Å². The maximum Gasteiger partial charge on any atom is 0.292 e. The van der Waals surface area contributed by atoms with Gasteiger partial charge in [-0.1, -0.05) is 54.1 Å². The smallest absolute Gasteiger partial charge is 0.292 e. The molecule has 2 N–H and O–H groups in total. The van der Waals surface area contributed by atoms with E-state index in [9.17, 15) is 29.8 Å². The van der Waals surface area contributed by atoms with Crippen LogP contribution in [0.4, 0.5) is 22.7 Å². The highest BCUT2D eigenvalue weighted by molar-refractivity contribution is 6.33. The standard InChI is InChI=1S/C22H15ClN4O6/c23-16-8-2-1-7-14(16)13-15(21(28)24-17-9-3-5-11-19(17)26(30)31)22(29)25-18-10-4-6-12-20(18)27(32)33/h1-13H,(H,24,28)(H,25,29). The van der Waals surface area contributed by atoms with E-state index < -0.39 is 27.2 Å². The number of halogens is 1. The van der Waals surface area contributed by atoms with E-state index in [0.29, 0.717) is 5.56 Å². The molecule has 0 aliphatic heterocycles. The molecule has 0 aromatic heterocycles. The molecule has 0 radical (unpaired) electrons. The number of nitro groups is 2. The molecule has 0 atom stereocenters. The van der Waals surface area contributed by atoms with Crippen LogP contribution in [-0.4, -0.2) is 21.7 Å². The quantitative estimate of drug-likeness (QED) is 0.168. The van der Waals surface area contributed by atoms with Gasteiger partial charge in [0.25, 0.3) is 23.2 Å². The predicted molar refractivity (Wildman–Crippen MR) is 123 cm³/mol. The van der Waals surface area contributed by atoms with Crippen molar-refractivity contribution in [1.82, 2.24) is 0 Å². The maximum atomic E-state index is 13.0. The molecule has 3 aromatic rings. The van der Waals surface area contributed by atoms with Crippen molar-refractivity contribution in [1.29, 1.82) is 0 Å². The summed E-state index contributed by atoms with van der Waals surface area (Å²) >= 11 is 6.15. The molecule has 0 heterocycles. The van der Waals surface area contributed by atoms with E-state index in [2.05, 4.69) is 10.6 Å². The van der Waals surface area contributed by atoms with Crippen molar-refractivity contribution in [2.45, 2.75) is 0 Å². The van der Waals surface area contributed by atoms with Crippen LogP contribution in [0.2, 0.25) is 5.02 Å². The molecule has 11 heteroatoms. The molecule has 10 nitrogen and oxygen atoms in total. The van der Waals surface area contributed by atoms with Crippen molar-refractivity contribution in [2.24, 2.45) is 0 Å². The number of rotatable bonds is 7. The molecule has 0 unspecified atom stereocenters. The summed E-state index contributed by atoms with van der Waals surface area (Å²) in [5.41, 5.74) is -1.15. The Labute approximate surface area is 191 Å². The average Bonchev–Trinajstić information content (AvgIpc) is 2.78. The van der Waals surface area contributed by atoms with Crippen LogP contribution in [0.15, 0.2) is 78.4 Å². The summed E-state index contributed by atoms with van der Waals surface area (Å²) in [6.07, 6.45) is 1.19. The van der Waals surface area contributed by atoms with E-state index in [1.165, 1.54) is 54.6 Å². The molecule has 0 bridgehead atoms. The van der Waals surface area contributed by atoms with Crippen molar-refractivity contribution < 1.29 is 19.4 Å². The van der Waals surface area contributed by atoms with Gasteiger partial charge in [-0.2, -0.15) is 0 Å². The number of nitrogens with zero attached hydrogens (tertiary/aromatic N) is 2. The van der Waals surface area contributed by atoms with E-state index >= 15 is 0 Å². The lowest BCUT2D eigenvalue weighted by atomic mass is 10.1. The third-order valence-electron chi connectivity index (χ3n) is 4.39. The first-order valence-corrected chi connectivity index (χ1v) is 9.71. The molecule has 0 aliphatic carbocycles. The zero-order valence-corrected chi connectivity index (χ0v) is 17.5. The first-order valence-electron chi connectivity index (χ1n) is 9.33. The minimum absolute atomic E-state index is 0.129. The maximum absolute atomic E-state index is 13.0. The average molecular weight is 467 g/mol. The van der Waals surface area contributed by atoms with E-state index in [0.717, 1.165) is 0 Å². The number of carbonyl (C=O) groups excluding carboxylic acids is 2. The zero-order chi connectivity index (χ0) is 24.0. The normalized spacial score (nSPS) is 10.1. The number of para-hydroxylation sites is 4. The number of anilines is 2. The van der Waals surface area contributed by atoms with Crippen molar-refractivity contribution >= 4 is 52.2 Å². The van der Waals surface area contributed by atoms with Crippen LogP contribution in [0.3, 0.4) is 0 Å². The predicted octanol–water partition coefficient (Wildman–Crippen LogP) is 4.82. The van der Waals surface area contributed by atoms with Gasteiger partial charge in [-0.05, 0) is 29.8 Å². The molecule has 3 aromatic carbocycles. The van der Waals surface area contributed by atoms with Crippen LogP contribution in [0, 0.1) is 20.2 Å². The second kappa shape index (κ2) is 10.2. The summed E-state index contributed by atoms with van der Waals surface area (Å²) in [6, 6.07) is 17.2. The lowest BCUT2D eigenvalue weighted by Gasteiger charge is -2.11. The SMILES string of the molecule is O=C(Nc1ccccc1[N+](=O)[O-])C(=Cc1ccccc1Cl)C(=O)Nc1ccccc1[N+](=O)[O-]. The Morgan fingerprint density at radius 1 is 0.727 bits per heavy atom. The van der Waals surface area contributed by atoms with Crippen LogP contribution in [-0.2, 0) is 9.59 Å². The molecule has 33 heavy (non-hydrogen) atoms. The van der Waals surface area contributed by atoms with E-state index in [4.69, 9.17) is 11.6 Å². The van der Waals surface area contributed by atoms with Crippen LogP contribution in [0.5, 0.6) is 0 Å². The first kappa shape index (κ1) is 23.1. The number of nitro benzene ring substituents is 2. The first-order chi connectivity index (χ1) is 15.8. The Morgan fingerprint density at radius 2 is 1.15 bits per heavy atom. The second-order valence-electron chi connectivity index (χ2n) is 6.54. The third kappa shape index (κ3) is 5.57. The molecule has 0 fully saturated rings. The largest absolute Gasteiger partial charge is 0.316 e. The van der Waals surface area contributed by atoms with Gasteiger partial charge in [0, 0.05) is 17.2 Å². The monoisotopic (exact) mass is 466 g/mol. The number of carbonyl (C=O) groups is 2. The minimum Gasteiger partial charge on any atom is -0.316 e. The Morgan fingerprint density at radius 3 is 1.61 bits per heavy atom. The fourth-order valence-electron chi connectivity index (χ4n) is 2.84. The highest BCUT2D eigenvalue weighted by Gasteiger charge is 2.24. The van der Waals surface area contributed by atoms with Crippen molar-refractivity contribution in [3.63, 3.8) is 0 Å². The molecule has 166 valence electrons. The summed E-state index contributed by atoms with van der Waals surface area (Å²) in [5.74, 6) is -1.94. The van der Waals surface area contributed by atoms with E-state index in [1.807, 2.05) is 0 Å².